The zero-order valence-electron chi connectivity index (χ0n) is 10.1. The quantitative estimate of drug-likeness (QED) is 0.631. The molecule has 3 aromatic rings. The predicted molar refractivity (Wildman–Crippen MR) is 81.4 cm³/mol. The number of hydrogen-bond acceptors (Lipinski definition) is 2. The lowest BCUT2D eigenvalue weighted by atomic mass is 10.1. The molecule has 3 heteroatoms. The van der Waals surface area contributed by atoms with E-state index in [1.165, 1.54) is 0 Å². The number of aromatic hydroxyl groups is 2. The molecule has 0 spiro atoms. The fourth-order valence-electron chi connectivity index (χ4n) is 1.67. The Labute approximate surface area is 120 Å². The molecule has 0 fully saturated rings. The van der Waals surface area contributed by atoms with E-state index in [0.29, 0.717) is 11.5 Å². The highest BCUT2D eigenvalue weighted by atomic mass is 79.9. The van der Waals surface area contributed by atoms with Gasteiger partial charge in [0.05, 0.1) is 0 Å². The van der Waals surface area contributed by atoms with Crippen LogP contribution in [0.25, 0.3) is 10.8 Å². The van der Waals surface area contributed by atoms with Crippen molar-refractivity contribution in [3.63, 3.8) is 0 Å². The van der Waals surface area contributed by atoms with Crippen molar-refractivity contribution in [2.24, 2.45) is 0 Å². The number of phenols is 2. The van der Waals surface area contributed by atoms with Crippen molar-refractivity contribution in [3.8, 4) is 11.5 Å². The molecule has 0 aromatic heterocycles. The summed E-state index contributed by atoms with van der Waals surface area (Å²) in [6.45, 7) is 0. The highest BCUT2D eigenvalue weighted by molar-refractivity contribution is 9.10. The normalized spacial score (nSPS) is 9.74. The zero-order chi connectivity index (χ0) is 13.7. The summed E-state index contributed by atoms with van der Waals surface area (Å²) < 4.78 is 1.03. The van der Waals surface area contributed by atoms with Crippen LogP contribution in [0.5, 0.6) is 11.5 Å². The molecule has 0 unspecified atom stereocenters. The van der Waals surface area contributed by atoms with Crippen LogP contribution in [-0.4, -0.2) is 10.2 Å². The minimum atomic E-state index is 0.322. The maximum absolute atomic E-state index is 9.45. The van der Waals surface area contributed by atoms with Gasteiger partial charge in [0.2, 0.25) is 0 Å². The predicted octanol–water partition coefficient (Wildman–Crippen LogP) is 4.70. The maximum atomic E-state index is 9.45. The summed E-state index contributed by atoms with van der Waals surface area (Å²) in [5.41, 5.74) is 0. The van der Waals surface area contributed by atoms with Crippen molar-refractivity contribution in [2.75, 3.05) is 0 Å². The van der Waals surface area contributed by atoms with E-state index in [1.807, 2.05) is 36.4 Å². The van der Waals surface area contributed by atoms with Crippen molar-refractivity contribution < 1.29 is 10.2 Å². The molecule has 2 N–H and O–H groups in total. The first-order chi connectivity index (χ1) is 9.16. The largest absolute Gasteiger partial charge is 0.508 e. The van der Waals surface area contributed by atoms with Gasteiger partial charge in [0.1, 0.15) is 11.5 Å². The summed E-state index contributed by atoms with van der Waals surface area (Å²) in [7, 11) is 0. The van der Waals surface area contributed by atoms with Gasteiger partial charge in [-0.05, 0) is 41.8 Å². The van der Waals surface area contributed by atoms with Crippen molar-refractivity contribution in [1.29, 1.82) is 0 Å². The van der Waals surface area contributed by atoms with Gasteiger partial charge in [0.15, 0.2) is 0 Å². The third-order valence-electron chi connectivity index (χ3n) is 2.58. The van der Waals surface area contributed by atoms with Crippen molar-refractivity contribution in [1.82, 2.24) is 0 Å². The van der Waals surface area contributed by atoms with Gasteiger partial charge in [-0.1, -0.05) is 46.3 Å². The lowest BCUT2D eigenvalue weighted by molar-refractivity contribution is 0.475. The molecule has 0 saturated heterocycles. The molecule has 3 rings (SSSR count). The van der Waals surface area contributed by atoms with E-state index in [2.05, 4.69) is 15.9 Å². The second-order valence-electron chi connectivity index (χ2n) is 3.98. The van der Waals surface area contributed by atoms with E-state index in [9.17, 15) is 5.11 Å². The molecule has 0 bridgehead atoms. The van der Waals surface area contributed by atoms with E-state index in [4.69, 9.17) is 5.11 Å². The van der Waals surface area contributed by atoms with E-state index >= 15 is 0 Å². The number of phenolic OH excluding ortho intramolecular Hbond substituents is 2. The van der Waals surface area contributed by atoms with Gasteiger partial charge in [0, 0.05) is 9.86 Å². The standard InChI is InChI=1S/C10H7BrO.C6H6O/c11-8-4-5-9-7(6-8)2-1-3-10(9)12;7-6-4-2-1-3-5-6/h1-6,12H;1-5,7H. The molecule has 0 aliphatic carbocycles. The molecular weight excluding hydrogens is 304 g/mol. The molecule has 0 atom stereocenters. The third kappa shape index (κ3) is 3.73. The van der Waals surface area contributed by atoms with Gasteiger partial charge in [-0.3, -0.25) is 0 Å². The Morgan fingerprint density at radius 2 is 1.47 bits per heavy atom. The van der Waals surface area contributed by atoms with E-state index in [0.717, 1.165) is 15.2 Å². The number of rotatable bonds is 0. The molecular formula is C16H13BrO2. The zero-order valence-corrected chi connectivity index (χ0v) is 11.7. The Hall–Kier alpha value is -2.00. The fraction of sp³-hybridized carbons (Fsp3) is 0. The Morgan fingerprint density at radius 1 is 0.737 bits per heavy atom. The Balaban J connectivity index is 0.000000163. The first-order valence-electron chi connectivity index (χ1n) is 5.78. The van der Waals surface area contributed by atoms with Crippen LogP contribution in [0.3, 0.4) is 0 Å². The Bertz CT molecular complexity index is 666. The van der Waals surface area contributed by atoms with Crippen molar-refractivity contribution >= 4 is 26.7 Å². The number of halogens is 1. The molecule has 19 heavy (non-hydrogen) atoms. The van der Waals surface area contributed by atoms with Gasteiger partial charge in [-0.25, -0.2) is 0 Å². The Morgan fingerprint density at radius 3 is 2.11 bits per heavy atom. The van der Waals surface area contributed by atoms with Crippen LogP contribution in [0.4, 0.5) is 0 Å². The van der Waals surface area contributed by atoms with Crippen molar-refractivity contribution in [3.05, 3.63) is 71.2 Å². The summed E-state index contributed by atoms with van der Waals surface area (Å²) in [5, 5.41) is 20.0. The topological polar surface area (TPSA) is 40.5 Å². The Kier molecular flexibility index (Phi) is 4.42. The van der Waals surface area contributed by atoms with Gasteiger partial charge < -0.3 is 10.2 Å². The molecule has 0 radical (unpaired) electrons. The van der Waals surface area contributed by atoms with Crippen molar-refractivity contribution in [2.45, 2.75) is 0 Å². The molecule has 96 valence electrons. The molecule has 0 amide bonds. The summed E-state index contributed by atoms with van der Waals surface area (Å²) in [6, 6.07) is 20.0. The molecule has 0 saturated carbocycles. The number of para-hydroxylation sites is 1. The summed E-state index contributed by atoms with van der Waals surface area (Å²) in [5.74, 6) is 0.655. The van der Waals surface area contributed by atoms with Crippen LogP contribution in [0, 0.1) is 0 Å². The first kappa shape index (κ1) is 13.4. The second kappa shape index (κ2) is 6.25. The van der Waals surface area contributed by atoms with Gasteiger partial charge in [-0.2, -0.15) is 0 Å². The average molecular weight is 317 g/mol. The first-order valence-corrected chi connectivity index (χ1v) is 6.57. The molecule has 0 aliphatic rings. The molecule has 2 nitrogen and oxygen atoms in total. The van der Waals surface area contributed by atoms with E-state index in [1.54, 1.807) is 30.3 Å². The van der Waals surface area contributed by atoms with Gasteiger partial charge >= 0.3 is 0 Å². The second-order valence-corrected chi connectivity index (χ2v) is 4.89. The van der Waals surface area contributed by atoms with Crippen LogP contribution in [0.15, 0.2) is 71.2 Å². The minimum Gasteiger partial charge on any atom is -0.508 e. The van der Waals surface area contributed by atoms with Gasteiger partial charge in [-0.15, -0.1) is 0 Å². The van der Waals surface area contributed by atoms with Crippen LogP contribution in [-0.2, 0) is 0 Å². The van der Waals surface area contributed by atoms with Gasteiger partial charge in [0.25, 0.3) is 0 Å². The van der Waals surface area contributed by atoms with Crippen LogP contribution in [0.1, 0.15) is 0 Å². The van der Waals surface area contributed by atoms with Crippen LogP contribution in [0.2, 0.25) is 0 Å². The molecule has 3 aromatic carbocycles. The lowest BCUT2D eigenvalue weighted by Gasteiger charge is -1.99. The lowest BCUT2D eigenvalue weighted by Crippen LogP contribution is -1.72. The highest BCUT2D eigenvalue weighted by Crippen LogP contribution is 2.26. The number of hydrogen-bond donors (Lipinski definition) is 2. The maximum Gasteiger partial charge on any atom is 0.123 e. The summed E-state index contributed by atoms with van der Waals surface area (Å²) >= 11 is 3.38. The van der Waals surface area contributed by atoms with Crippen LogP contribution < -0.4 is 0 Å². The monoisotopic (exact) mass is 316 g/mol. The number of benzene rings is 3. The number of fused-ring (bicyclic) bond motifs is 1. The average Bonchev–Trinajstić information content (AvgIpc) is 2.40. The third-order valence-corrected chi connectivity index (χ3v) is 3.07. The fourth-order valence-corrected chi connectivity index (χ4v) is 2.04. The van der Waals surface area contributed by atoms with E-state index < -0.39 is 0 Å². The highest BCUT2D eigenvalue weighted by Gasteiger charge is 1.97. The summed E-state index contributed by atoms with van der Waals surface area (Å²) in [6.07, 6.45) is 0. The summed E-state index contributed by atoms with van der Waals surface area (Å²) in [4.78, 5) is 0. The SMILES string of the molecule is Oc1cccc2cc(Br)ccc12.Oc1ccccc1. The molecule has 0 aliphatic heterocycles. The molecule has 0 heterocycles. The van der Waals surface area contributed by atoms with Crippen LogP contribution >= 0.6 is 15.9 Å². The minimum absolute atomic E-state index is 0.322. The van der Waals surface area contributed by atoms with E-state index in [-0.39, 0.29) is 0 Å². The smallest absolute Gasteiger partial charge is 0.123 e.